The Kier molecular flexibility index (Phi) is 4.82. The maximum Gasteiger partial charge on any atom is 0.137 e. The fourth-order valence-corrected chi connectivity index (χ4v) is 7.66. The van der Waals surface area contributed by atoms with Crippen LogP contribution in [0.1, 0.15) is 66.4 Å². The quantitative estimate of drug-likeness (QED) is 0.218. The van der Waals surface area contributed by atoms with Gasteiger partial charge in [0.2, 0.25) is 0 Å². The first-order valence-corrected chi connectivity index (χ1v) is 15.0. The molecular weight excluding hydrogens is 500 g/mol. The summed E-state index contributed by atoms with van der Waals surface area (Å²) in [6, 6.07) is 22.3. The Bertz CT molecular complexity index is 2140. The van der Waals surface area contributed by atoms with Gasteiger partial charge in [0.05, 0.1) is 5.52 Å². The molecule has 3 nitrogen and oxygen atoms in total. The lowest BCUT2D eigenvalue weighted by molar-refractivity contribution is 0.666. The summed E-state index contributed by atoms with van der Waals surface area (Å²) in [5, 5.41) is 3.66. The number of nitrogens with zero attached hydrogens (tertiary/aromatic N) is 2. The van der Waals surface area contributed by atoms with E-state index in [1.807, 2.05) is 0 Å². The molecule has 0 radical (unpaired) electrons. The summed E-state index contributed by atoms with van der Waals surface area (Å²) in [4.78, 5) is 0. The maximum absolute atomic E-state index is 6.65. The van der Waals surface area contributed by atoms with Crippen molar-refractivity contribution in [2.45, 2.75) is 45.4 Å². The SMILES string of the molecule is CC1C=Cc2c(n(-c3ccc4c(c3)oc3cc(-n5c6c(c7c5C(C)CC=C7)CCC=C6)ccc34)c3ccccc23)C1. The number of benzene rings is 3. The van der Waals surface area contributed by atoms with Crippen LogP contribution in [0.4, 0.5) is 0 Å². The van der Waals surface area contributed by atoms with Gasteiger partial charge in [-0.2, -0.15) is 0 Å². The molecule has 9 rings (SSSR count). The summed E-state index contributed by atoms with van der Waals surface area (Å²) < 4.78 is 11.6. The fraction of sp³-hybridized carbons (Fsp3) is 0.211. The third-order valence-corrected chi connectivity index (χ3v) is 9.55. The standard InChI is InChI=1S/C38H32N2O/c1-23-14-17-29-27-9-3-5-12-33(27)39(35(29)20-23)25-15-18-30-31-19-16-26(22-37(31)41-36(30)21-25)40-34-13-6-4-10-28(34)32-11-7-8-24(2)38(32)40/h3,5-7,9,11-19,21-24H,4,8,10,20H2,1-2H3. The van der Waals surface area contributed by atoms with E-state index >= 15 is 0 Å². The monoisotopic (exact) mass is 532 g/mol. The largest absolute Gasteiger partial charge is 0.456 e. The van der Waals surface area contributed by atoms with Gasteiger partial charge in [0.1, 0.15) is 11.2 Å². The fourth-order valence-electron chi connectivity index (χ4n) is 7.66. The summed E-state index contributed by atoms with van der Waals surface area (Å²) >= 11 is 0. The molecule has 0 N–H and O–H groups in total. The predicted molar refractivity (Wildman–Crippen MR) is 171 cm³/mol. The van der Waals surface area contributed by atoms with Crippen molar-refractivity contribution in [2.24, 2.45) is 5.92 Å². The van der Waals surface area contributed by atoms with Crippen LogP contribution in [0.3, 0.4) is 0 Å². The van der Waals surface area contributed by atoms with Crippen LogP contribution in [0.15, 0.2) is 83.3 Å². The topological polar surface area (TPSA) is 23.0 Å². The minimum Gasteiger partial charge on any atom is -0.456 e. The summed E-state index contributed by atoms with van der Waals surface area (Å²) in [7, 11) is 0. The van der Waals surface area contributed by atoms with E-state index in [0.717, 1.165) is 42.5 Å². The number of furan rings is 1. The molecule has 6 aromatic rings. The molecule has 0 aliphatic heterocycles. The Hall–Kier alpha value is -4.50. The van der Waals surface area contributed by atoms with Crippen molar-refractivity contribution in [1.82, 2.24) is 9.13 Å². The van der Waals surface area contributed by atoms with Gasteiger partial charge in [0.25, 0.3) is 0 Å². The first kappa shape index (κ1) is 23.2. The van der Waals surface area contributed by atoms with Crippen molar-refractivity contribution in [1.29, 1.82) is 0 Å². The highest BCUT2D eigenvalue weighted by Crippen LogP contribution is 2.42. The summed E-state index contributed by atoms with van der Waals surface area (Å²) in [6.07, 6.45) is 18.3. The van der Waals surface area contributed by atoms with E-state index in [1.165, 1.54) is 61.1 Å². The second kappa shape index (κ2) is 8.50. The van der Waals surface area contributed by atoms with Gasteiger partial charge in [0.15, 0.2) is 0 Å². The van der Waals surface area contributed by atoms with E-state index in [9.17, 15) is 0 Å². The summed E-state index contributed by atoms with van der Waals surface area (Å²) in [5.41, 5.74) is 13.9. The summed E-state index contributed by atoms with van der Waals surface area (Å²) in [6.45, 7) is 4.66. The second-order valence-electron chi connectivity index (χ2n) is 12.2. The van der Waals surface area contributed by atoms with E-state index < -0.39 is 0 Å². The maximum atomic E-state index is 6.65. The van der Waals surface area contributed by atoms with Crippen LogP contribution in [0.2, 0.25) is 0 Å². The lowest BCUT2D eigenvalue weighted by atomic mass is 9.90. The van der Waals surface area contributed by atoms with E-state index in [2.05, 4.69) is 120 Å². The van der Waals surface area contributed by atoms with Gasteiger partial charge in [-0.1, -0.05) is 62.4 Å². The molecule has 3 aliphatic carbocycles. The van der Waals surface area contributed by atoms with Crippen LogP contribution in [0.5, 0.6) is 0 Å². The Morgan fingerprint density at radius 1 is 0.756 bits per heavy atom. The van der Waals surface area contributed by atoms with Gasteiger partial charge in [-0.15, -0.1) is 0 Å². The molecule has 0 amide bonds. The molecular formula is C38H32N2O. The number of hydrogen-bond acceptors (Lipinski definition) is 1. The predicted octanol–water partition coefficient (Wildman–Crippen LogP) is 10.0. The van der Waals surface area contributed by atoms with Gasteiger partial charge < -0.3 is 13.6 Å². The van der Waals surface area contributed by atoms with E-state index in [0.29, 0.717) is 11.8 Å². The molecule has 3 aliphatic rings. The first-order valence-electron chi connectivity index (χ1n) is 15.0. The van der Waals surface area contributed by atoms with Gasteiger partial charge in [-0.3, -0.25) is 0 Å². The minimum absolute atomic E-state index is 0.489. The molecule has 41 heavy (non-hydrogen) atoms. The lowest BCUT2D eigenvalue weighted by Gasteiger charge is -2.20. The molecule has 3 heteroatoms. The third kappa shape index (κ3) is 3.26. The minimum atomic E-state index is 0.489. The normalized spacial score (nSPS) is 19.3. The van der Waals surface area contributed by atoms with Crippen LogP contribution < -0.4 is 0 Å². The Morgan fingerprint density at radius 2 is 1.54 bits per heavy atom. The van der Waals surface area contributed by atoms with Crippen molar-refractivity contribution in [3.05, 3.63) is 113 Å². The zero-order valence-electron chi connectivity index (χ0n) is 23.5. The van der Waals surface area contributed by atoms with E-state index in [1.54, 1.807) is 0 Å². The van der Waals surface area contributed by atoms with E-state index in [4.69, 9.17) is 4.42 Å². The van der Waals surface area contributed by atoms with Crippen molar-refractivity contribution < 1.29 is 4.42 Å². The molecule has 0 saturated heterocycles. The number of aromatic nitrogens is 2. The number of rotatable bonds is 2. The number of allylic oxidation sites excluding steroid dienone is 3. The van der Waals surface area contributed by atoms with Crippen molar-refractivity contribution in [3.8, 4) is 11.4 Å². The van der Waals surface area contributed by atoms with Crippen LogP contribution in [-0.4, -0.2) is 9.13 Å². The van der Waals surface area contributed by atoms with Crippen LogP contribution in [0.25, 0.3) is 62.4 Å². The average molecular weight is 533 g/mol. The molecule has 200 valence electrons. The smallest absolute Gasteiger partial charge is 0.137 e. The molecule has 0 fully saturated rings. The van der Waals surface area contributed by atoms with Crippen LogP contribution in [0, 0.1) is 5.92 Å². The highest BCUT2D eigenvalue weighted by atomic mass is 16.3. The van der Waals surface area contributed by atoms with Crippen molar-refractivity contribution in [2.75, 3.05) is 0 Å². The molecule has 0 bridgehead atoms. The van der Waals surface area contributed by atoms with E-state index in [-0.39, 0.29) is 0 Å². The molecule has 3 aromatic carbocycles. The van der Waals surface area contributed by atoms with Gasteiger partial charge in [0, 0.05) is 68.2 Å². The Balaban J connectivity index is 1.22. The summed E-state index contributed by atoms with van der Waals surface area (Å²) in [5.74, 6) is 1.01. The van der Waals surface area contributed by atoms with Crippen molar-refractivity contribution >= 4 is 51.1 Å². The highest BCUT2D eigenvalue weighted by Gasteiger charge is 2.27. The average Bonchev–Trinajstić information content (AvgIpc) is 3.64. The molecule has 3 aromatic heterocycles. The molecule has 2 atom stereocenters. The van der Waals surface area contributed by atoms with Gasteiger partial charge in [-0.25, -0.2) is 0 Å². The highest BCUT2D eigenvalue weighted by molar-refractivity contribution is 6.06. The van der Waals surface area contributed by atoms with Crippen LogP contribution in [-0.2, 0) is 12.8 Å². The zero-order chi connectivity index (χ0) is 27.2. The van der Waals surface area contributed by atoms with Crippen molar-refractivity contribution in [3.63, 3.8) is 0 Å². The zero-order valence-corrected chi connectivity index (χ0v) is 23.5. The third-order valence-electron chi connectivity index (χ3n) is 9.55. The number of hydrogen-bond donors (Lipinski definition) is 0. The molecule has 2 unspecified atom stereocenters. The Labute approximate surface area is 239 Å². The second-order valence-corrected chi connectivity index (χ2v) is 12.2. The Morgan fingerprint density at radius 3 is 2.37 bits per heavy atom. The first-order chi connectivity index (χ1) is 20.2. The number of para-hydroxylation sites is 1. The lowest BCUT2D eigenvalue weighted by Crippen LogP contribution is -2.08. The van der Waals surface area contributed by atoms with Gasteiger partial charge in [-0.05, 0) is 79.1 Å². The van der Waals surface area contributed by atoms with Crippen LogP contribution >= 0.6 is 0 Å². The van der Waals surface area contributed by atoms with Gasteiger partial charge >= 0.3 is 0 Å². The molecule has 3 heterocycles. The number of fused-ring (bicyclic) bond motifs is 9. The molecule has 0 spiro atoms. The molecule has 0 saturated carbocycles.